The zero-order chi connectivity index (χ0) is 10.1. The van der Waals surface area contributed by atoms with E-state index >= 15 is 0 Å². The smallest absolute Gasteiger partial charge is 0.269 e. The fourth-order valence-corrected chi connectivity index (χ4v) is 2.30. The minimum atomic E-state index is -0.0723. The van der Waals surface area contributed by atoms with E-state index in [1.54, 1.807) is 10.9 Å². The molecule has 0 atom stereocenters. The Bertz CT molecular complexity index is 398. The van der Waals surface area contributed by atoms with Crippen LogP contribution in [0.1, 0.15) is 31.7 Å². The van der Waals surface area contributed by atoms with Gasteiger partial charge in [0.2, 0.25) is 0 Å². The normalized spacial score (nSPS) is 17.6. The topological polar surface area (TPSA) is 34.9 Å². The molecule has 0 saturated heterocycles. The van der Waals surface area contributed by atoms with Crippen molar-refractivity contribution in [1.82, 2.24) is 9.55 Å². The molecule has 76 valence electrons. The number of nitrogens with zero attached hydrogens (tertiary/aromatic N) is 2. The second-order valence-corrected chi connectivity index (χ2v) is 4.65. The van der Waals surface area contributed by atoms with E-state index in [2.05, 4.69) is 20.9 Å². The quantitative estimate of drug-likeness (QED) is 0.740. The summed E-state index contributed by atoms with van der Waals surface area (Å²) in [7, 11) is 0. The third-order valence-corrected chi connectivity index (χ3v) is 3.85. The van der Waals surface area contributed by atoms with Crippen molar-refractivity contribution in [2.75, 3.05) is 0 Å². The van der Waals surface area contributed by atoms with E-state index in [0.29, 0.717) is 10.5 Å². The van der Waals surface area contributed by atoms with Crippen molar-refractivity contribution in [3.05, 3.63) is 26.3 Å². The Kier molecular flexibility index (Phi) is 2.93. The van der Waals surface area contributed by atoms with Gasteiger partial charge in [0.15, 0.2) is 5.15 Å². The van der Waals surface area contributed by atoms with Gasteiger partial charge in [-0.25, -0.2) is 4.98 Å². The molecule has 0 unspecified atom stereocenters. The molecule has 1 aromatic rings. The molecule has 1 heterocycles. The van der Waals surface area contributed by atoms with Crippen molar-refractivity contribution >= 4 is 27.5 Å². The van der Waals surface area contributed by atoms with Crippen molar-refractivity contribution < 1.29 is 0 Å². The Hall–Kier alpha value is -0.350. The third-order valence-electron chi connectivity index (χ3n) is 2.62. The first-order valence-corrected chi connectivity index (χ1v) is 5.79. The lowest BCUT2D eigenvalue weighted by molar-refractivity contribution is 0.493. The third kappa shape index (κ3) is 1.73. The van der Waals surface area contributed by atoms with E-state index in [1.165, 1.54) is 12.8 Å². The molecule has 3 nitrogen and oxygen atoms in total. The molecule has 2 rings (SSSR count). The lowest BCUT2D eigenvalue weighted by atomic mass is 10.2. The molecule has 5 heteroatoms. The average molecular weight is 278 g/mol. The number of rotatable bonds is 1. The van der Waals surface area contributed by atoms with Crippen molar-refractivity contribution in [3.63, 3.8) is 0 Å². The lowest BCUT2D eigenvalue weighted by Gasteiger charge is -2.12. The second-order valence-electron chi connectivity index (χ2n) is 3.50. The molecular weight excluding hydrogens is 267 g/mol. The van der Waals surface area contributed by atoms with Crippen molar-refractivity contribution in [1.29, 1.82) is 0 Å². The number of hydrogen-bond donors (Lipinski definition) is 0. The summed E-state index contributed by atoms with van der Waals surface area (Å²) in [6.45, 7) is 0. The van der Waals surface area contributed by atoms with E-state index in [9.17, 15) is 4.79 Å². The first-order valence-electron chi connectivity index (χ1n) is 4.62. The molecule has 0 aliphatic heterocycles. The molecule has 0 spiro atoms. The summed E-state index contributed by atoms with van der Waals surface area (Å²) < 4.78 is 2.05. The van der Waals surface area contributed by atoms with Crippen molar-refractivity contribution in [2.45, 2.75) is 31.7 Å². The van der Waals surface area contributed by atoms with Gasteiger partial charge < -0.3 is 0 Å². The van der Waals surface area contributed by atoms with Crippen LogP contribution >= 0.6 is 27.5 Å². The molecule has 1 aliphatic carbocycles. The molecule has 1 aromatic heterocycles. The zero-order valence-corrected chi connectivity index (χ0v) is 9.88. The summed E-state index contributed by atoms with van der Waals surface area (Å²) in [6, 6.07) is 0.309. The SMILES string of the molecule is O=c1c(Br)c(Cl)ncn1C1CCCC1. The van der Waals surface area contributed by atoms with Gasteiger partial charge in [0.05, 0.1) is 6.33 Å². The van der Waals surface area contributed by atoms with Crippen LogP contribution in [-0.2, 0) is 0 Å². The van der Waals surface area contributed by atoms with Gasteiger partial charge in [-0.2, -0.15) is 0 Å². The largest absolute Gasteiger partial charge is 0.295 e. The molecular formula is C9H10BrClN2O. The van der Waals surface area contributed by atoms with Crippen molar-refractivity contribution in [2.24, 2.45) is 0 Å². The summed E-state index contributed by atoms with van der Waals surface area (Å²) >= 11 is 8.87. The predicted molar refractivity (Wildman–Crippen MR) is 58.7 cm³/mol. The Labute approximate surface area is 95.2 Å². The lowest BCUT2D eigenvalue weighted by Crippen LogP contribution is -2.24. The molecule has 1 aliphatic rings. The monoisotopic (exact) mass is 276 g/mol. The van der Waals surface area contributed by atoms with Gasteiger partial charge in [-0.15, -0.1) is 0 Å². The summed E-state index contributed by atoms with van der Waals surface area (Å²) in [5.74, 6) is 0. The van der Waals surface area contributed by atoms with Crippen LogP contribution in [0, 0.1) is 0 Å². The molecule has 14 heavy (non-hydrogen) atoms. The van der Waals surface area contributed by atoms with Crippen LogP contribution in [-0.4, -0.2) is 9.55 Å². The Morgan fingerprint density at radius 3 is 2.79 bits per heavy atom. The molecule has 0 radical (unpaired) electrons. The van der Waals surface area contributed by atoms with Gasteiger partial charge in [0, 0.05) is 6.04 Å². The van der Waals surface area contributed by atoms with Crippen LogP contribution in [0.25, 0.3) is 0 Å². The van der Waals surface area contributed by atoms with Crippen LogP contribution in [0.2, 0.25) is 5.15 Å². The number of halogens is 2. The highest BCUT2D eigenvalue weighted by Crippen LogP contribution is 2.28. The second kappa shape index (κ2) is 4.03. The fourth-order valence-electron chi connectivity index (χ4n) is 1.87. The van der Waals surface area contributed by atoms with Crippen LogP contribution in [0.15, 0.2) is 15.6 Å². The summed E-state index contributed by atoms with van der Waals surface area (Å²) in [4.78, 5) is 15.7. The van der Waals surface area contributed by atoms with Gasteiger partial charge in [-0.05, 0) is 28.8 Å². The number of aromatic nitrogens is 2. The minimum absolute atomic E-state index is 0.0723. The van der Waals surface area contributed by atoms with E-state index < -0.39 is 0 Å². The molecule has 0 N–H and O–H groups in total. The summed E-state index contributed by atoms with van der Waals surface area (Å²) in [5, 5.41) is 0.240. The molecule has 0 bridgehead atoms. The Balaban J connectivity index is 2.44. The maximum absolute atomic E-state index is 11.8. The van der Waals surface area contributed by atoms with Gasteiger partial charge in [0.25, 0.3) is 5.56 Å². The highest BCUT2D eigenvalue weighted by molar-refractivity contribution is 9.10. The van der Waals surface area contributed by atoms with E-state index in [1.807, 2.05) is 0 Å². The molecule has 0 amide bonds. The predicted octanol–water partition coefficient (Wildman–Crippen LogP) is 2.77. The summed E-state index contributed by atoms with van der Waals surface area (Å²) in [6.07, 6.45) is 6.06. The fraction of sp³-hybridized carbons (Fsp3) is 0.556. The van der Waals surface area contributed by atoms with Crippen molar-refractivity contribution in [3.8, 4) is 0 Å². The molecule has 0 aromatic carbocycles. The number of hydrogen-bond acceptors (Lipinski definition) is 2. The van der Waals surface area contributed by atoms with E-state index in [4.69, 9.17) is 11.6 Å². The molecule has 1 fully saturated rings. The Morgan fingerprint density at radius 2 is 2.14 bits per heavy atom. The average Bonchev–Trinajstić information content (AvgIpc) is 2.67. The van der Waals surface area contributed by atoms with E-state index in [-0.39, 0.29) is 10.7 Å². The Morgan fingerprint density at radius 1 is 1.50 bits per heavy atom. The van der Waals surface area contributed by atoms with Crippen LogP contribution in [0.4, 0.5) is 0 Å². The maximum Gasteiger partial charge on any atom is 0.269 e. The van der Waals surface area contributed by atoms with Gasteiger partial charge in [-0.3, -0.25) is 9.36 Å². The first kappa shape index (κ1) is 10.2. The highest BCUT2D eigenvalue weighted by Gasteiger charge is 2.19. The maximum atomic E-state index is 11.8. The minimum Gasteiger partial charge on any atom is -0.295 e. The molecule has 1 saturated carbocycles. The standard InChI is InChI=1S/C9H10BrClN2O/c10-7-8(11)12-5-13(9(7)14)6-3-1-2-4-6/h5-6H,1-4H2. The van der Waals surface area contributed by atoms with Crippen LogP contribution < -0.4 is 5.56 Å². The summed E-state index contributed by atoms with van der Waals surface area (Å²) in [5.41, 5.74) is -0.0723. The van der Waals surface area contributed by atoms with Gasteiger partial charge in [-0.1, -0.05) is 24.4 Å². The zero-order valence-electron chi connectivity index (χ0n) is 7.54. The highest BCUT2D eigenvalue weighted by atomic mass is 79.9. The van der Waals surface area contributed by atoms with E-state index in [0.717, 1.165) is 12.8 Å². The van der Waals surface area contributed by atoms with Gasteiger partial charge in [0.1, 0.15) is 4.47 Å². The van der Waals surface area contributed by atoms with Gasteiger partial charge >= 0.3 is 0 Å². The van der Waals surface area contributed by atoms with Crippen LogP contribution in [0.5, 0.6) is 0 Å². The van der Waals surface area contributed by atoms with Crippen LogP contribution in [0.3, 0.4) is 0 Å². The first-order chi connectivity index (χ1) is 6.70.